The van der Waals surface area contributed by atoms with Gasteiger partial charge in [-0.3, -0.25) is 4.79 Å². The summed E-state index contributed by atoms with van der Waals surface area (Å²) in [5, 5.41) is 3.95. The van der Waals surface area contributed by atoms with Gasteiger partial charge in [-0.2, -0.15) is 0 Å². The summed E-state index contributed by atoms with van der Waals surface area (Å²) in [5.41, 5.74) is 4.31. The Balaban J connectivity index is 2.13. The van der Waals surface area contributed by atoms with E-state index in [0.29, 0.717) is 5.56 Å². The molecule has 0 bridgehead atoms. The van der Waals surface area contributed by atoms with E-state index in [-0.39, 0.29) is 11.9 Å². The number of nitrogens with one attached hydrogen (secondary N) is 1. The first kappa shape index (κ1) is 17.9. The van der Waals surface area contributed by atoms with E-state index in [4.69, 9.17) is 9.72 Å². The second-order valence-electron chi connectivity index (χ2n) is 6.59. The molecule has 26 heavy (non-hydrogen) atoms. The summed E-state index contributed by atoms with van der Waals surface area (Å²) in [7, 11) is 1.64. The highest BCUT2D eigenvalue weighted by molar-refractivity contribution is 6.07. The van der Waals surface area contributed by atoms with Gasteiger partial charge in [-0.15, -0.1) is 0 Å². The fourth-order valence-electron chi connectivity index (χ4n) is 2.84. The van der Waals surface area contributed by atoms with Gasteiger partial charge >= 0.3 is 0 Å². The minimum Gasteiger partial charge on any atom is -0.497 e. The lowest BCUT2D eigenvalue weighted by Gasteiger charge is -2.14. The topological polar surface area (TPSA) is 51.2 Å². The molecule has 1 aromatic heterocycles. The van der Waals surface area contributed by atoms with Crippen LogP contribution in [0.3, 0.4) is 0 Å². The molecular formula is C22H24N2O2. The van der Waals surface area contributed by atoms with Crippen LogP contribution in [0.1, 0.15) is 36.2 Å². The van der Waals surface area contributed by atoms with Crippen LogP contribution in [0, 0.1) is 6.92 Å². The number of methoxy groups -OCH3 is 1. The number of carbonyl (C=O) groups is 1. The number of aromatic nitrogens is 1. The van der Waals surface area contributed by atoms with Gasteiger partial charge in [-0.25, -0.2) is 4.98 Å². The van der Waals surface area contributed by atoms with Crippen molar-refractivity contribution in [3.05, 3.63) is 59.7 Å². The molecule has 4 heteroatoms. The maximum atomic E-state index is 12.9. The zero-order valence-electron chi connectivity index (χ0n) is 15.7. The van der Waals surface area contributed by atoms with Crippen molar-refractivity contribution in [3.63, 3.8) is 0 Å². The van der Waals surface area contributed by atoms with Crippen molar-refractivity contribution in [2.75, 3.05) is 7.11 Å². The fraction of sp³-hybridized carbons (Fsp3) is 0.273. The third kappa shape index (κ3) is 3.69. The van der Waals surface area contributed by atoms with Gasteiger partial charge < -0.3 is 10.1 Å². The molecule has 1 heterocycles. The number of pyridine rings is 1. The molecule has 134 valence electrons. The van der Waals surface area contributed by atoms with Crippen molar-refractivity contribution in [3.8, 4) is 17.0 Å². The third-order valence-corrected chi connectivity index (χ3v) is 4.58. The number of fused-ring (bicyclic) bond motifs is 1. The molecule has 2 aromatic carbocycles. The molecule has 1 unspecified atom stereocenters. The van der Waals surface area contributed by atoms with Crippen LogP contribution in [0.15, 0.2) is 48.5 Å². The van der Waals surface area contributed by atoms with Gasteiger partial charge in [0.2, 0.25) is 0 Å². The third-order valence-electron chi connectivity index (χ3n) is 4.58. The maximum absolute atomic E-state index is 12.9. The van der Waals surface area contributed by atoms with E-state index in [1.807, 2.05) is 62.4 Å². The predicted octanol–water partition coefficient (Wildman–Crippen LogP) is 4.75. The van der Waals surface area contributed by atoms with E-state index in [1.165, 1.54) is 0 Å². The second-order valence-corrected chi connectivity index (χ2v) is 6.59. The van der Waals surface area contributed by atoms with E-state index < -0.39 is 0 Å². The van der Waals surface area contributed by atoms with Crippen LogP contribution < -0.4 is 10.1 Å². The number of amides is 1. The van der Waals surface area contributed by atoms with Crippen LogP contribution in [0.2, 0.25) is 0 Å². The first-order chi connectivity index (χ1) is 12.5. The maximum Gasteiger partial charge on any atom is 0.252 e. The lowest BCUT2D eigenvalue weighted by Crippen LogP contribution is -2.32. The summed E-state index contributed by atoms with van der Waals surface area (Å²) in [6.07, 6.45) is 0.888. The van der Waals surface area contributed by atoms with Crippen LogP contribution in [-0.2, 0) is 0 Å². The van der Waals surface area contributed by atoms with Crippen molar-refractivity contribution in [1.82, 2.24) is 10.3 Å². The standard InChI is InChI=1S/C22H24N2O2/c1-5-15(3)23-22(25)19-13-21(16-7-9-17(26-4)10-8-16)24-20-11-6-14(2)12-18(19)20/h6-13,15H,5H2,1-4H3,(H,23,25). The van der Waals surface area contributed by atoms with Gasteiger partial charge in [0.15, 0.2) is 0 Å². The van der Waals surface area contributed by atoms with E-state index in [2.05, 4.69) is 12.2 Å². The lowest BCUT2D eigenvalue weighted by molar-refractivity contribution is 0.0941. The van der Waals surface area contributed by atoms with Crippen molar-refractivity contribution in [1.29, 1.82) is 0 Å². The first-order valence-electron chi connectivity index (χ1n) is 8.88. The Kier molecular flexibility index (Phi) is 5.21. The minimum absolute atomic E-state index is 0.0629. The number of nitrogens with zero attached hydrogens (tertiary/aromatic N) is 1. The second kappa shape index (κ2) is 7.56. The van der Waals surface area contributed by atoms with Crippen LogP contribution in [0.25, 0.3) is 22.2 Å². The molecule has 1 N–H and O–H groups in total. The number of carbonyl (C=O) groups excluding carboxylic acids is 1. The Morgan fingerprint density at radius 1 is 1.15 bits per heavy atom. The predicted molar refractivity (Wildman–Crippen MR) is 106 cm³/mol. The summed E-state index contributed by atoms with van der Waals surface area (Å²) in [6, 6.07) is 15.7. The fourth-order valence-corrected chi connectivity index (χ4v) is 2.84. The smallest absolute Gasteiger partial charge is 0.252 e. The van der Waals surface area contributed by atoms with Crippen LogP contribution in [0.5, 0.6) is 5.75 Å². The highest BCUT2D eigenvalue weighted by atomic mass is 16.5. The Morgan fingerprint density at radius 3 is 2.54 bits per heavy atom. The molecule has 0 radical (unpaired) electrons. The number of benzene rings is 2. The van der Waals surface area contributed by atoms with Gasteiger partial charge in [-0.1, -0.05) is 18.6 Å². The number of hydrogen-bond donors (Lipinski definition) is 1. The summed E-state index contributed by atoms with van der Waals surface area (Å²) in [6.45, 7) is 6.09. The van der Waals surface area contributed by atoms with Gasteiger partial charge in [0.1, 0.15) is 5.75 Å². The monoisotopic (exact) mass is 348 g/mol. The number of hydrogen-bond acceptors (Lipinski definition) is 3. The first-order valence-corrected chi connectivity index (χ1v) is 8.88. The van der Waals surface area contributed by atoms with Crippen LogP contribution in [0.4, 0.5) is 0 Å². The highest BCUT2D eigenvalue weighted by Crippen LogP contribution is 2.27. The Morgan fingerprint density at radius 2 is 1.88 bits per heavy atom. The molecule has 3 rings (SSSR count). The molecule has 0 spiro atoms. The lowest BCUT2D eigenvalue weighted by atomic mass is 10.0. The average molecular weight is 348 g/mol. The highest BCUT2D eigenvalue weighted by Gasteiger charge is 2.15. The van der Waals surface area contributed by atoms with Crippen molar-refractivity contribution in [2.24, 2.45) is 0 Å². The van der Waals surface area contributed by atoms with Gasteiger partial charge in [0.05, 0.1) is 23.9 Å². The summed E-state index contributed by atoms with van der Waals surface area (Å²) in [4.78, 5) is 17.6. The van der Waals surface area contributed by atoms with Gasteiger partial charge in [-0.05, 0) is 62.7 Å². The van der Waals surface area contributed by atoms with Crippen LogP contribution in [-0.4, -0.2) is 24.0 Å². The quantitative estimate of drug-likeness (QED) is 0.724. The van der Waals surface area contributed by atoms with Gasteiger partial charge in [0.25, 0.3) is 5.91 Å². The number of ether oxygens (including phenoxy) is 1. The summed E-state index contributed by atoms with van der Waals surface area (Å²) in [5.74, 6) is 0.729. The van der Waals surface area contributed by atoms with E-state index >= 15 is 0 Å². The van der Waals surface area contributed by atoms with E-state index in [9.17, 15) is 4.79 Å². The number of aryl methyl sites for hydroxylation is 1. The molecule has 1 atom stereocenters. The molecule has 0 aliphatic carbocycles. The molecule has 0 saturated carbocycles. The van der Waals surface area contributed by atoms with E-state index in [0.717, 1.165) is 39.9 Å². The summed E-state index contributed by atoms with van der Waals surface area (Å²) < 4.78 is 5.22. The molecule has 0 fully saturated rings. The molecule has 0 aliphatic rings. The SMILES string of the molecule is CCC(C)NC(=O)c1cc(-c2ccc(OC)cc2)nc2ccc(C)cc12. The Hall–Kier alpha value is -2.88. The largest absolute Gasteiger partial charge is 0.497 e. The molecule has 0 saturated heterocycles. The molecular weight excluding hydrogens is 324 g/mol. The van der Waals surface area contributed by atoms with Crippen molar-refractivity contribution in [2.45, 2.75) is 33.2 Å². The molecule has 4 nitrogen and oxygen atoms in total. The zero-order chi connectivity index (χ0) is 18.7. The van der Waals surface area contributed by atoms with E-state index in [1.54, 1.807) is 7.11 Å². The number of rotatable bonds is 5. The molecule has 0 aliphatic heterocycles. The van der Waals surface area contributed by atoms with Crippen LogP contribution >= 0.6 is 0 Å². The average Bonchev–Trinajstić information content (AvgIpc) is 2.67. The molecule has 3 aromatic rings. The van der Waals surface area contributed by atoms with Gasteiger partial charge in [0, 0.05) is 17.0 Å². The normalized spacial score (nSPS) is 12.0. The van der Waals surface area contributed by atoms with Crippen molar-refractivity contribution < 1.29 is 9.53 Å². The Bertz CT molecular complexity index is 933. The summed E-state index contributed by atoms with van der Waals surface area (Å²) >= 11 is 0. The Labute approximate surface area is 154 Å². The minimum atomic E-state index is -0.0629. The molecule has 1 amide bonds. The van der Waals surface area contributed by atoms with Crippen molar-refractivity contribution >= 4 is 16.8 Å². The zero-order valence-corrected chi connectivity index (χ0v) is 15.7.